The number of carbonyl (C=O) groups excluding carboxylic acids is 1. The summed E-state index contributed by atoms with van der Waals surface area (Å²) in [4.78, 5) is 26.4. The van der Waals surface area contributed by atoms with Crippen LogP contribution in [0.1, 0.15) is 35.2 Å². The van der Waals surface area contributed by atoms with Crippen LogP contribution in [0.5, 0.6) is 0 Å². The van der Waals surface area contributed by atoms with Gasteiger partial charge in [-0.15, -0.1) is 0 Å². The highest BCUT2D eigenvalue weighted by molar-refractivity contribution is 6.12. The summed E-state index contributed by atoms with van der Waals surface area (Å²) < 4.78 is 14.3. The molecule has 2 amide bonds. The van der Waals surface area contributed by atoms with Crippen molar-refractivity contribution in [3.63, 3.8) is 0 Å². The van der Waals surface area contributed by atoms with Crippen molar-refractivity contribution in [3.8, 4) is 11.1 Å². The van der Waals surface area contributed by atoms with Gasteiger partial charge in [0.05, 0.1) is 5.69 Å². The van der Waals surface area contributed by atoms with Crippen molar-refractivity contribution < 1.29 is 19.1 Å². The lowest BCUT2D eigenvalue weighted by atomic mass is 10.0. The third kappa shape index (κ3) is 5.23. The van der Waals surface area contributed by atoms with E-state index in [1.807, 2.05) is 23.5 Å². The minimum absolute atomic E-state index is 0.128. The molecule has 1 saturated heterocycles. The Kier molecular flexibility index (Phi) is 6.87. The average molecular weight is 461 g/mol. The number of halogens is 1. The molecule has 1 aliphatic rings. The zero-order valence-corrected chi connectivity index (χ0v) is 18.5. The molecule has 1 fully saturated rings. The second-order valence-corrected chi connectivity index (χ2v) is 8.10. The van der Waals surface area contributed by atoms with Gasteiger partial charge in [0.1, 0.15) is 11.7 Å². The summed E-state index contributed by atoms with van der Waals surface area (Å²) >= 11 is 0. The van der Waals surface area contributed by atoms with Gasteiger partial charge in [-0.2, -0.15) is 0 Å². The second kappa shape index (κ2) is 10.2. The quantitative estimate of drug-likeness (QED) is 0.305. The van der Waals surface area contributed by atoms with E-state index in [4.69, 9.17) is 10.5 Å². The van der Waals surface area contributed by atoms with Gasteiger partial charge in [-0.05, 0) is 61.2 Å². The fourth-order valence-electron chi connectivity index (χ4n) is 4.09. The fraction of sp³-hybridized carbons (Fsp3) is 0.192. The second-order valence-electron chi connectivity index (χ2n) is 8.10. The van der Waals surface area contributed by atoms with E-state index in [9.17, 15) is 14.0 Å². The Hall–Kier alpha value is -4.20. The number of carboxylic acid groups (broad SMARTS) is 1. The molecule has 4 N–H and O–H groups in total. The molecule has 3 aromatic carbocycles. The zero-order chi connectivity index (χ0) is 24.1. The Morgan fingerprint density at radius 1 is 0.941 bits per heavy atom. The van der Waals surface area contributed by atoms with Crippen LogP contribution in [0.15, 0.2) is 66.7 Å². The van der Waals surface area contributed by atoms with Crippen LogP contribution in [0.3, 0.4) is 0 Å². The number of hydrogen-bond acceptors (Lipinski definition) is 4. The predicted molar refractivity (Wildman–Crippen MR) is 130 cm³/mol. The van der Waals surface area contributed by atoms with Gasteiger partial charge in [0.25, 0.3) is 5.91 Å². The summed E-state index contributed by atoms with van der Waals surface area (Å²) in [6.07, 6.45) is 2.03. The molecular formula is C26H25FN4O3. The van der Waals surface area contributed by atoms with Gasteiger partial charge in [-0.3, -0.25) is 15.5 Å². The third-order valence-electron chi connectivity index (χ3n) is 5.78. The molecule has 0 radical (unpaired) electrons. The van der Waals surface area contributed by atoms with Crippen LogP contribution in [-0.2, 0) is 0 Å². The summed E-state index contributed by atoms with van der Waals surface area (Å²) in [7, 11) is 0. The van der Waals surface area contributed by atoms with Gasteiger partial charge >= 0.3 is 6.09 Å². The molecule has 4 rings (SSSR count). The van der Waals surface area contributed by atoms with Crippen molar-refractivity contribution in [2.75, 3.05) is 23.3 Å². The maximum absolute atomic E-state index is 14.3. The molecule has 0 atom stereocenters. The van der Waals surface area contributed by atoms with Crippen LogP contribution in [0, 0.1) is 11.2 Å². The number of rotatable bonds is 5. The number of nitrogens with one attached hydrogen (secondary N) is 3. The van der Waals surface area contributed by atoms with Crippen molar-refractivity contribution >= 4 is 29.2 Å². The number of amidine groups is 1. The van der Waals surface area contributed by atoms with Crippen molar-refractivity contribution in [1.82, 2.24) is 5.32 Å². The first-order valence-electron chi connectivity index (χ1n) is 11.1. The number of anilines is 2. The highest BCUT2D eigenvalue weighted by atomic mass is 19.1. The van der Waals surface area contributed by atoms with E-state index in [1.165, 1.54) is 18.6 Å². The molecule has 0 aromatic heterocycles. The Bertz CT molecular complexity index is 1240. The summed E-state index contributed by atoms with van der Waals surface area (Å²) in [5.41, 5.74) is 2.55. The topological polar surface area (TPSA) is 106 Å². The SMILES string of the molecule is N=C(NC(=O)O)c1cc(-c2ccccc2F)ccc1NC(=O)c1cccc(N2CCCCC2)c1. The number of piperidine rings is 1. The largest absolute Gasteiger partial charge is 0.465 e. The molecule has 34 heavy (non-hydrogen) atoms. The minimum atomic E-state index is -1.41. The van der Waals surface area contributed by atoms with Crippen molar-refractivity contribution in [1.29, 1.82) is 5.41 Å². The van der Waals surface area contributed by atoms with Crippen LogP contribution in [-0.4, -0.2) is 36.0 Å². The average Bonchev–Trinajstić information content (AvgIpc) is 2.85. The number of carbonyl (C=O) groups is 2. The molecule has 0 aliphatic carbocycles. The van der Waals surface area contributed by atoms with Gasteiger partial charge in [0, 0.05) is 35.5 Å². The normalized spacial score (nSPS) is 13.3. The molecule has 0 saturated carbocycles. The predicted octanol–water partition coefficient (Wildman–Crippen LogP) is 5.33. The number of amides is 2. The Morgan fingerprint density at radius 2 is 1.71 bits per heavy atom. The molecular weight excluding hydrogens is 435 g/mol. The molecule has 0 bridgehead atoms. The molecule has 7 nitrogen and oxygen atoms in total. The number of benzene rings is 3. The molecule has 1 heterocycles. The van der Waals surface area contributed by atoms with Crippen molar-refractivity contribution in [2.45, 2.75) is 19.3 Å². The summed E-state index contributed by atoms with van der Waals surface area (Å²) in [5, 5.41) is 22.0. The highest BCUT2D eigenvalue weighted by Gasteiger charge is 2.18. The van der Waals surface area contributed by atoms with E-state index < -0.39 is 17.7 Å². The van der Waals surface area contributed by atoms with Crippen molar-refractivity contribution in [3.05, 3.63) is 83.7 Å². The third-order valence-corrected chi connectivity index (χ3v) is 5.78. The summed E-state index contributed by atoms with van der Waals surface area (Å²) in [6, 6.07) is 18.1. The van der Waals surface area contributed by atoms with Crippen LogP contribution >= 0.6 is 0 Å². The minimum Gasteiger partial charge on any atom is -0.465 e. The molecule has 8 heteroatoms. The Labute approximate surface area is 196 Å². The number of nitrogens with zero attached hydrogens (tertiary/aromatic N) is 1. The highest BCUT2D eigenvalue weighted by Crippen LogP contribution is 2.28. The summed E-state index contributed by atoms with van der Waals surface area (Å²) in [6.45, 7) is 1.90. The fourth-order valence-corrected chi connectivity index (χ4v) is 4.09. The lowest BCUT2D eigenvalue weighted by Gasteiger charge is -2.29. The van der Waals surface area contributed by atoms with Gasteiger partial charge in [-0.25, -0.2) is 9.18 Å². The van der Waals surface area contributed by atoms with E-state index in [1.54, 1.807) is 36.4 Å². The standard InChI is InChI=1S/C26H25FN4O3/c27-22-10-3-2-9-20(22)17-11-12-23(21(16-17)24(28)30-26(33)34)29-25(32)18-7-6-8-19(15-18)31-13-4-1-5-14-31/h2-3,6-12,15-16H,1,4-5,13-14H2,(H2,28,30)(H,29,32)(H,33,34). The Balaban J connectivity index is 1.64. The first-order chi connectivity index (χ1) is 16.4. The zero-order valence-electron chi connectivity index (χ0n) is 18.5. The van der Waals surface area contributed by atoms with Crippen LogP contribution in [0.25, 0.3) is 11.1 Å². The van der Waals surface area contributed by atoms with Crippen LogP contribution < -0.4 is 15.5 Å². The van der Waals surface area contributed by atoms with Gasteiger partial charge in [0.15, 0.2) is 0 Å². The van der Waals surface area contributed by atoms with E-state index in [0.717, 1.165) is 31.6 Å². The maximum Gasteiger partial charge on any atom is 0.410 e. The smallest absolute Gasteiger partial charge is 0.410 e. The first kappa shape index (κ1) is 23.0. The maximum atomic E-state index is 14.3. The molecule has 0 spiro atoms. The summed E-state index contributed by atoms with van der Waals surface area (Å²) in [5.74, 6) is -1.26. The number of hydrogen-bond donors (Lipinski definition) is 4. The first-order valence-corrected chi connectivity index (χ1v) is 11.1. The monoisotopic (exact) mass is 460 g/mol. The lowest BCUT2D eigenvalue weighted by molar-refractivity contribution is 0.102. The van der Waals surface area contributed by atoms with E-state index in [-0.39, 0.29) is 17.2 Å². The van der Waals surface area contributed by atoms with Gasteiger partial charge in [-0.1, -0.05) is 30.3 Å². The van der Waals surface area contributed by atoms with Crippen LogP contribution in [0.2, 0.25) is 0 Å². The van der Waals surface area contributed by atoms with E-state index in [0.29, 0.717) is 16.7 Å². The molecule has 3 aromatic rings. The van der Waals surface area contributed by atoms with Crippen molar-refractivity contribution in [2.24, 2.45) is 0 Å². The molecule has 1 aliphatic heterocycles. The van der Waals surface area contributed by atoms with E-state index in [2.05, 4.69) is 10.2 Å². The molecule has 174 valence electrons. The van der Waals surface area contributed by atoms with E-state index >= 15 is 0 Å². The lowest BCUT2D eigenvalue weighted by Crippen LogP contribution is -2.30. The Morgan fingerprint density at radius 3 is 2.44 bits per heavy atom. The van der Waals surface area contributed by atoms with Crippen LogP contribution in [0.4, 0.5) is 20.6 Å². The van der Waals surface area contributed by atoms with Gasteiger partial charge < -0.3 is 15.3 Å². The molecule has 0 unspecified atom stereocenters. The van der Waals surface area contributed by atoms with Gasteiger partial charge in [0.2, 0.25) is 0 Å².